The summed E-state index contributed by atoms with van der Waals surface area (Å²) in [5.74, 6) is -0.629. The number of carbonyl (C=O) groups excluding carboxylic acids is 2. The number of benzene rings is 1. The van der Waals surface area contributed by atoms with E-state index in [0.29, 0.717) is 18.0 Å². The zero-order valence-electron chi connectivity index (χ0n) is 11.9. The third kappa shape index (κ3) is 2.76. The third-order valence-corrected chi connectivity index (χ3v) is 4.60. The number of hydrogen-bond donors (Lipinski definition) is 1. The van der Waals surface area contributed by atoms with E-state index in [4.69, 9.17) is 4.74 Å². The van der Waals surface area contributed by atoms with E-state index in [1.54, 1.807) is 0 Å². The standard InChI is InChI=1S/C15H16N2O3S/c1-15(2)8-7-10(20-13(15)19)12(18)17-14-16-9-5-3-4-6-11(9)21-14/h3-6,10H,7-8H2,1-2H3,(H,16,17,18). The number of para-hydroxylation sites is 1. The summed E-state index contributed by atoms with van der Waals surface area (Å²) in [5.41, 5.74) is 0.340. The summed E-state index contributed by atoms with van der Waals surface area (Å²) in [7, 11) is 0. The molecule has 1 aromatic heterocycles. The van der Waals surface area contributed by atoms with Crippen LogP contribution < -0.4 is 5.32 Å². The Hall–Kier alpha value is -1.95. The molecule has 6 heteroatoms. The topological polar surface area (TPSA) is 68.3 Å². The lowest BCUT2D eigenvalue weighted by Gasteiger charge is -2.31. The van der Waals surface area contributed by atoms with E-state index in [9.17, 15) is 9.59 Å². The average Bonchev–Trinajstić information content (AvgIpc) is 2.83. The number of esters is 1. The minimum atomic E-state index is -0.725. The second-order valence-corrected chi connectivity index (χ2v) is 6.82. The Morgan fingerprint density at radius 2 is 2.19 bits per heavy atom. The van der Waals surface area contributed by atoms with Crippen LogP contribution in [0.25, 0.3) is 10.2 Å². The van der Waals surface area contributed by atoms with Crippen LogP contribution in [0.2, 0.25) is 0 Å². The van der Waals surface area contributed by atoms with Gasteiger partial charge in [-0.15, -0.1) is 0 Å². The number of carbonyl (C=O) groups is 2. The summed E-state index contributed by atoms with van der Waals surface area (Å²) in [6.45, 7) is 3.66. The Balaban J connectivity index is 1.70. The molecule has 110 valence electrons. The molecule has 1 unspecified atom stereocenters. The highest BCUT2D eigenvalue weighted by Gasteiger charge is 2.39. The van der Waals surface area contributed by atoms with Gasteiger partial charge in [0.25, 0.3) is 5.91 Å². The Morgan fingerprint density at radius 1 is 1.43 bits per heavy atom. The molecule has 0 aliphatic carbocycles. The van der Waals surface area contributed by atoms with Gasteiger partial charge in [-0.3, -0.25) is 14.9 Å². The summed E-state index contributed by atoms with van der Waals surface area (Å²) in [6.07, 6.45) is 0.455. The molecule has 1 fully saturated rings. The molecule has 1 aliphatic heterocycles. The first-order valence-electron chi connectivity index (χ1n) is 6.83. The van der Waals surface area contributed by atoms with Crippen LogP contribution in [-0.2, 0) is 14.3 Å². The fraction of sp³-hybridized carbons (Fsp3) is 0.400. The maximum Gasteiger partial charge on any atom is 0.312 e. The predicted octanol–water partition coefficient (Wildman–Crippen LogP) is 2.97. The van der Waals surface area contributed by atoms with Crippen LogP contribution >= 0.6 is 11.3 Å². The van der Waals surface area contributed by atoms with Crippen molar-refractivity contribution in [2.75, 3.05) is 5.32 Å². The van der Waals surface area contributed by atoms with E-state index in [0.717, 1.165) is 10.2 Å². The second-order valence-electron chi connectivity index (χ2n) is 5.79. The normalized spacial score (nSPS) is 21.0. The van der Waals surface area contributed by atoms with Gasteiger partial charge in [0.05, 0.1) is 15.6 Å². The van der Waals surface area contributed by atoms with Crippen molar-refractivity contribution in [2.45, 2.75) is 32.8 Å². The summed E-state index contributed by atoms with van der Waals surface area (Å²) in [4.78, 5) is 28.3. The van der Waals surface area contributed by atoms with E-state index >= 15 is 0 Å². The van der Waals surface area contributed by atoms with Gasteiger partial charge in [0.2, 0.25) is 0 Å². The number of nitrogens with zero attached hydrogens (tertiary/aromatic N) is 1. The molecule has 1 atom stereocenters. The summed E-state index contributed by atoms with van der Waals surface area (Å²) in [5, 5.41) is 3.27. The number of hydrogen-bond acceptors (Lipinski definition) is 5. The molecule has 21 heavy (non-hydrogen) atoms. The highest BCUT2D eigenvalue weighted by molar-refractivity contribution is 7.22. The first kappa shape index (κ1) is 14.0. The number of nitrogens with one attached hydrogen (secondary N) is 1. The van der Waals surface area contributed by atoms with Crippen LogP contribution in [-0.4, -0.2) is 23.0 Å². The smallest absolute Gasteiger partial charge is 0.312 e. The molecule has 2 aromatic rings. The maximum atomic E-state index is 12.2. The summed E-state index contributed by atoms with van der Waals surface area (Å²) >= 11 is 1.41. The Morgan fingerprint density at radius 3 is 2.90 bits per heavy atom. The zero-order valence-corrected chi connectivity index (χ0v) is 12.7. The predicted molar refractivity (Wildman–Crippen MR) is 81.1 cm³/mol. The molecule has 0 radical (unpaired) electrons. The maximum absolute atomic E-state index is 12.2. The summed E-state index contributed by atoms with van der Waals surface area (Å²) < 4.78 is 6.24. The highest BCUT2D eigenvalue weighted by Crippen LogP contribution is 2.32. The second kappa shape index (κ2) is 5.11. The lowest BCUT2D eigenvalue weighted by molar-refractivity contribution is -0.170. The fourth-order valence-corrected chi connectivity index (χ4v) is 3.11. The first-order chi connectivity index (χ1) is 9.95. The van der Waals surface area contributed by atoms with E-state index in [-0.39, 0.29) is 11.9 Å². The van der Waals surface area contributed by atoms with Gasteiger partial charge < -0.3 is 4.74 Å². The van der Waals surface area contributed by atoms with E-state index < -0.39 is 11.5 Å². The third-order valence-electron chi connectivity index (χ3n) is 3.65. The van der Waals surface area contributed by atoms with E-state index in [1.165, 1.54) is 11.3 Å². The Bertz CT molecular complexity index is 675. The van der Waals surface area contributed by atoms with Gasteiger partial charge in [-0.25, -0.2) is 4.98 Å². The molecule has 0 spiro atoms. The number of anilines is 1. The van der Waals surface area contributed by atoms with Crippen molar-refractivity contribution in [3.63, 3.8) is 0 Å². The number of thiazole rings is 1. The molecule has 1 aromatic carbocycles. The lowest BCUT2D eigenvalue weighted by Crippen LogP contribution is -2.42. The molecule has 2 heterocycles. The van der Waals surface area contributed by atoms with Crippen LogP contribution in [0, 0.1) is 5.41 Å². The Labute approximate surface area is 126 Å². The van der Waals surface area contributed by atoms with Crippen molar-refractivity contribution in [1.82, 2.24) is 4.98 Å². The molecule has 3 rings (SSSR count). The monoisotopic (exact) mass is 304 g/mol. The van der Waals surface area contributed by atoms with Gasteiger partial charge in [-0.2, -0.15) is 0 Å². The minimum absolute atomic E-state index is 0.307. The number of fused-ring (bicyclic) bond motifs is 1. The largest absolute Gasteiger partial charge is 0.452 e. The molecule has 0 bridgehead atoms. The number of aromatic nitrogens is 1. The number of rotatable bonds is 2. The van der Waals surface area contributed by atoms with Gasteiger partial charge in [0.1, 0.15) is 0 Å². The van der Waals surface area contributed by atoms with E-state index in [1.807, 2.05) is 38.1 Å². The molecular weight excluding hydrogens is 288 g/mol. The van der Waals surface area contributed by atoms with Gasteiger partial charge in [0, 0.05) is 0 Å². The molecule has 1 amide bonds. The lowest BCUT2D eigenvalue weighted by atomic mass is 9.84. The van der Waals surface area contributed by atoms with Crippen molar-refractivity contribution in [3.05, 3.63) is 24.3 Å². The van der Waals surface area contributed by atoms with Crippen molar-refractivity contribution < 1.29 is 14.3 Å². The van der Waals surface area contributed by atoms with Crippen LogP contribution in [0.15, 0.2) is 24.3 Å². The highest BCUT2D eigenvalue weighted by atomic mass is 32.1. The number of ether oxygens (including phenoxy) is 1. The summed E-state index contributed by atoms with van der Waals surface area (Å²) in [6, 6.07) is 7.67. The van der Waals surface area contributed by atoms with E-state index in [2.05, 4.69) is 10.3 Å². The van der Waals surface area contributed by atoms with Gasteiger partial charge in [-0.1, -0.05) is 23.5 Å². The molecule has 1 N–H and O–H groups in total. The van der Waals surface area contributed by atoms with Crippen LogP contribution in [0.4, 0.5) is 5.13 Å². The van der Waals surface area contributed by atoms with Crippen molar-refractivity contribution in [3.8, 4) is 0 Å². The van der Waals surface area contributed by atoms with Gasteiger partial charge in [0.15, 0.2) is 11.2 Å². The SMILES string of the molecule is CC1(C)CCC(C(=O)Nc2nc3ccccc3s2)OC1=O. The van der Waals surface area contributed by atoms with Crippen LogP contribution in [0.1, 0.15) is 26.7 Å². The zero-order chi connectivity index (χ0) is 15.0. The fourth-order valence-electron chi connectivity index (χ4n) is 2.24. The van der Waals surface area contributed by atoms with Crippen molar-refractivity contribution >= 4 is 38.6 Å². The molecule has 1 saturated heterocycles. The molecule has 0 saturated carbocycles. The first-order valence-corrected chi connectivity index (χ1v) is 7.65. The Kier molecular flexibility index (Phi) is 3.41. The molecule has 1 aliphatic rings. The average molecular weight is 304 g/mol. The molecular formula is C15H16N2O3S. The van der Waals surface area contributed by atoms with Gasteiger partial charge in [-0.05, 0) is 38.8 Å². The van der Waals surface area contributed by atoms with Gasteiger partial charge >= 0.3 is 5.97 Å². The number of cyclic esters (lactones) is 1. The van der Waals surface area contributed by atoms with Crippen LogP contribution in [0.5, 0.6) is 0 Å². The van der Waals surface area contributed by atoms with Crippen molar-refractivity contribution in [2.24, 2.45) is 5.41 Å². The van der Waals surface area contributed by atoms with Crippen LogP contribution in [0.3, 0.4) is 0 Å². The van der Waals surface area contributed by atoms with Crippen molar-refractivity contribution in [1.29, 1.82) is 0 Å². The minimum Gasteiger partial charge on any atom is -0.452 e. The molecule has 5 nitrogen and oxygen atoms in total. The quantitative estimate of drug-likeness (QED) is 0.866. The number of amides is 1.